The van der Waals surface area contributed by atoms with Crippen molar-refractivity contribution in [1.82, 2.24) is 4.98 Å². The summed E-state index contributed by atoms with van der Waals surface area (Å²) < 4.78 is 4.78. The second kappa shape index (κ2) is 5.11. The molecule has 0 aliphatic carbocycles. The Hall–Kier alpha value is -1.72. The molecule has 0 aliphatic rings. The molecule has 1 aromatic carbocycles. The molecule has 0 bridgehead atoms. The second-order valence-corrected chi connectivity index (χ2v) is 5.97. The molecular weight excluding hydrogens is 278 g/mol. The lowest BCUT2D eigenvalue weighted by atomic mass is 10.2. The molecule has 0 spiro atoms. The molecule has 0 amide bonds. The lowest BCUT2D eigenvalue weighted by molar-refractivity contribution is 0.0603. The molecule has 0 saturated carbocycles. The molecule has 0 unspecified atom stereocenters. The predicted octanol–water partition coefficient (Wildman–Crippen LogP) is 4.17. The average Bonchev–Trinajstić information content (AvgIpc) is 3.06. The SMILES string of the molecule is COC(=O)c1sccc1Sc1ccc2[nH]ccc2c1. The molecule has 3 aromatic rings. The van der Waals surface area contributed by atoms with Crippen LogP contribution in [-0.4, -0.2) is 18.1 Å². The first-order chi connectivity index (χ1) is 9.28. The highest BCUT2D eigenvalue weighted by Gasteiger charge is 2.14. The van der Waals surface area contributed by atoms with Crippen LogP contribution < -0.4 is 0 Å². The number of methoxy groups -OCH3 is 1. The van der Waals surface area contributed by atoms with Gasteiger partial charge in [-0.3, -0.25) is 0 Å². The summed E-state index contributed by atoms with van der Waals surface area (Å²) in [4.78, 5) is 17.5. The Labute approximate surface area is 118 Å². The van der Waals surface area contributed by atoms with Gasteiger partial charge in [-0.15, -0.1) is 11.3 Å². The van der Waals surface area contributed by atoms with Gasteiger partial charge in [0.2, 0.25) is 0 Å². The van der Waals surface area contributed by atoms with Crippen molar-refractivity contribution in [2.75, 3.05) is 7.11 Å². The van der Waals surface area contributed by atoms with Crippen LogP contribution in [-0.2, 0) is 4.74 Å². The number of esters is 1. The van der Waals surface area contributed by atoms with E-state index in [9.17, 15) is 4.79 Å². The lowest BCUT2D eigenvalue weighted by Gasteiger charge is -2.02. The first kappa shape index (κ1) is 12.3. The van der Waals surface area contributed by atoms with E-state index >= 15 is 0 Å². The standard InChI is InChI=1S/C14H11NO2S2/c1-17-14(16)13-12(5-7-18-13)19-10-2-3-11-9(8-10)4-6-15-11/h2-8,15H,1H3. The summed E-state index contributed by atoms with van der Waals surface area (Å²) in [6, 6.07) is 10.2. The Morgan fingerprint density at radius 3 is 3.05 bits per heavy atom. The zero-order valence-corrected chi connectivity index (χ0v) is 11.8. The third-order valence-corrected chi connectivity index (χ3v) is 4.83. The topological polar surface area (TPSA) is 42.1 Å². The van der Waals surface area contributed by atoms with Crippen LogP contribution >= 0.6 is 23.1 Å². The van der Waals surface area contributed by atoms with Gasteiger partial charge in [-0.2, -0.15) is 0 Å². The van der Waals surface area contributed by atoms with Gasteiger partial charge < -0.3 is 9.72 Å². The van der Waals surface area contributed by atoms with E-state index in [4.69, 9.17) is 4.74 Å². The maximum atomic E-state index is 11.6. The first-order valence-electron chi connectivity index (χ1n) is 5.69. The average molecular weight is 289 g/mol. The molecule has 2 aromatic heterocycles. The minimum atomic E-state index is -0.278. The Morgan fingerprint density at radius 2 is 2.21 bits per heavy atom. The van der Waals surface area contributed by atoms with Crippen LogP contribution in [0.4, 0.5) is 0 Å². The summed E-state index contributed by atoms with van der Waals surface area (Å²) in [6.45, 7) is 0. The highest BCUT2D eigenvalue weighted by atomic mass is 32.2. The maximum absolute atomic E-state index is 11.6. The number of carbonyl (C=O) groups is 1. The minimum absolute atomic E-state index is 0.278. The number of aromatic nitrogens is 1. The normalized spacial score (nSPS) is 10.8. The van der Waals surface area contributed by atoms with Crippen LogP contribution in [0.5, 0.6) is 0 Å². The van der Waals surface area contributed by atoms with Crippen molar-refractivity contribution < 1.29 is 9.53 Å². The zero-order chi connectivity index (χ0) is 13.2. The van der Waals surface area contributed by atoms with Crippen molar-refractivity contribution in [2.45, 2.75) is 9.79 Å². The van der Waals surface area contributed by atoms with Crippen molar-refractivity contribution in [1.29, 1.82) is 0 Å². The molecule has 3 rings (SSSR count). The fourth-order valence-electron chi connectivity index (χ4n) is 1.84. The number of hydrogen-bond acceptors (Lipinski definition) is 4. The van der Waals surface area contributed by atoms with Crippen LogP contribution in [0.15, 0.2) is 51.7 Å². The van der Waals surface area contributed by atoms with Gasteiger partial charge in [0.15, 0.2) is 0 Å². The molecule has 0 aliphatic heterocycles. The number of fused-ring (bicyclic) bond motifs is 1. The van der Waals surface area contributed by atoms with E-state index in [1.54, 1.807) is 11.8 Å². The molecule has 0 atom stereocenters. The van der Waals surface area contributed by atoms with E-state index < -0.39 is 0 Å². The van der Waals surface area contributed by atoms with E-state index in [2.05, 4.69) is 11.1 Å². The van der Waals surface area contributed by atoms with Crippen molar-refractivity contribution in [3.8, 4) is 0 Å². The monoisotopic (exact) mass is 289 g/mol. The number of aromatic amines is 1. The third-order valence-electron chi connectivity index (χ3n) is 2.75. The van der Waals surface area contributed by atoms with E-state index in [-0.39, 0.29) is 5.97 Å². The molecule has 3 nitrogen and oxygen atoms in total. The fraction of sp³-hybridized carbons (Fsp3) is 0.0714. The number of hydrogen-bond donors (Lipinski definition) is 1. The highest BCUT2D eigenvalue weighted by Crippen LogP contribution is 2.35. The molecule has 19 heavy (non-hydrogen) atoms. The van der Waals surface area contributed by atoms with Crippen LogP contribution in [0.25, 0.3) is 10.9 Å². The number of nitrogens with one attached hydrogen (secondary N) is 1. The summed E-state index contributed by atoms with van der Waals surface area (Å²) in [5.41, 5.74) is 1.11. The zero-order valence-electron chi connectivity index (χ0n) is 10.2. The summed E-state index contributed by atoms with van der Waals surface area (Å²) >= 11 is 2.98. The molecule has 0 radical (unpaired) electrons. The van der Waals surface area contributed by atoms with E-state index in [1.165, 1.54) is 23.8 Å². The Kier molecular flexibility index (Phi) is 3.31. The van der Waals surface area contributed by atoms with Crippen molar-refractivity contribution in [3.63, 3.8) is 0 Å². The van der Waals surface area contributed by atoms with E-state index in [1.807, 2.05) is 35.8 Å². The van der Waals surface area contributed by atoms with E-state index in [0.717, 1.165) is 15.3 Å². The minimum Gasteiger partial charge on any atom is -0.465 e. The Balaban J connectivity index is 1.92. The van der Waals surface area contributed by atoms with Gasteiger partial charge in [0.25, 0.3) is 0 Å². The number of H-pyrrole nitrogens is 1. The van der Waals surface area contributed by atoms with Crippen LogP contribution in [0, 0.1) is 0 Å². The Bertz CT molecular complexity index is 730. The fourth-order valence-corrected chi connectivity index (χ4v) is 3.79. The van der Waals surface area contributed by atoms with Gasteiger partial charge in [0.1, 0.15) is 4.88 Å². The number of rotatable bonds is 3. The van der Waals surface area contributed by atoms with Gasteiger partial charge >= 0.3 is 5.97 Å². The van der Waals surface area contributed by atoms with Crippen molar-refractivity contribution in [3.05, 3.63) is 46.8 Å². The quantitative estimate of drug-likeness (QED) is 0.736. The number of carbonyl (C=O) groups excluding carboxylic acids is 1. The Morgan fingerprint density at radius 1 is 1.32 bits per heavy atom. The third kappa shape index (κ3) is 2.39. The van der Waals surface area contributed by atoms with Crippen molar-refractivity contribution >= 4 is 40.0 Å². The van der Waals surface area contributed by atoms with Crippen LogP contribution in [0.1, 0.15) is 9.67 Å². The van der Waals surface area contributed by atoms with Gasteiger partial charge in [-0.25, -0.2) is 4.79 Å². The molecular formula is C14H11NO2S2. The molecule has 5 heteroatoms. The molecule has 96 valence electrons. The van der Waals surface area contributed by atoms with Crippen LogP contribution in [0.3, 0.4) is 0 Å². The predicted molar refractivity (Wildman–Crippen MR) is 78.1 cm³/mol. The van der Waals surface area contributed by atoms with E-state index in [0.29, 0.717) is 4.88 Å². The number of ether oxygens (including phenoxy) is 1. The summed E-state index contributed by atoms with van der Waals surface area (Å²) in [5, 5.41) is 3.07. The van der Waals surface area contributed by atoms with Gasteiger partial charge in [0.05, 0.1) is 7.11 Å². The smallest absolute Gasteiger partial charge is 0.349 e. The number of thiophene rings is 1. The van der Waals surface area contributed by atoms with Crippen molar-refractivity contribution in [2.24, 2.45) is 0 Å². The number of benzene rings is 1. The van der Waals surface area contributed by atoms with Gasteiger partial charge in [-0.05, 0) is 35.7 Å². The largest absolute Gasteiger partial charge is 0.465 e. The summed E-state index contributed by atoms with van der Waals surface area (Å²) in [7, 11) is 1.41. The van der Waals surface area contributed by atoms with Crippen LogP contribution in [0.2, 0.25) is 0 Å². The summed E-state index contributed by atoms with van der Waals surface area (Å²) in [6.07, 6.45) is 1.92. The first-order valence-corrected chi connectivity index (χ1v) is 7.38. The van der Waals surface area contributed by atoms with Gasteiger partial charge in [-0.1, -0.05) is 11.8 Å². The lowest BCUT2D eigenvalue weighted by Crippen LogP contribution is -1.98. The second-order valence-electron chi connectivity index (χ2n) is 3.93. The molecule has 0 fully saturated rings. The molecule has 1 N–H and O–H groups in total. The van der Waals surface area contributed by atoms with Gasteiger partial charge in [0, 0.05) is 26.9 Å². The molecule has 2 heterocycles. The maximum Gasteiger partial charge on any atom is 0.349 e. The summed E-state index contributed by atoms with van der Waals surface area (Å²) in [5.74, 6) is -0.278. The highest BCUT2D eigenvalue weighted by molar-refractivity contribution is 7.99. The molecule has 0 saturated heterocycles.